The second-order valence-electron chi connectivity index (χ2n) is 4.06. The first kappa shape index (κ1) is 13.4. The van der Waals surface area contributed by atoms with Gasteiger partial charge in [0.15, 0.2) is 5.03 Å². The first-order chi connectivity index (χ1) is 8.96. The third-order valence-electron chi connectivity index (χ3n) is 2.79. The average molecular weight is 281 g/mol. The normalized spacial score (nSPS) is 11.5. The highest BCUT2D eigenvalue weighted by atomic mass is 32.2. The molecule has 0 bridgehead atoms. The van der Waals surface area contributed by atoms with Crippen LogP contribution in [-0.4, -0.2) is 30.0 Å². The van der Waals surface area contributed by atoms with E-state index in [9.17, 15) is 13.5 Å². The van der Waals surface area contributed by atoms with Gasteiger partial charge in [-0.25, -0.2) is 4.98 Å². The van der Waals surface area contributed by atoms with Gasteiger partial charge < -0.3 is 10.1 Å². The molecule has 0 aliphatic heterocycles. The highest BCUT2D eigenvalue weighted by Gasteiger charge is 2.26. The Morgan fingerprint density at radius 3 is 2.74 bits per heavy atom. The number of aromatic nitrogens is 2. The lowest BCUT2D eigenvalue weighted by atomic mass is 10.2. The van der Waals surface area contributed by atoms with Crippen LogP contribution in [0.25, 0.3) is 0 Å². The van der Waals surface area contributed by atoms with E-state index in [0.29, 0.717) is 5.69 Å². The van der Waals surface area contributed by atoms with Crippen LogP contribution in [0.2, 0.25) is 0 Å². The van der Waals surface area contributed by atoms with Gasteiger partial charge in [0.2, 0.25) is 0 Å². The average Bonchev–Trinajstić information content (AvgIpc) is 2.88. The maximum Gasteiger partial charge on any atom is 0.281 e. The molecule has 0 saturated carbocycles. The van der Waals surface area contributed by atoms with Crippen LogP contribution in [0.4, 0.5) is 5.69 Å². The zero-order valence-electron chi connectivity index (χ0n) is 10.7. The molecule has 102 valence electrons. The molecule has 0 aliphatic rings. The number of aromatic hydroxyl groups is 1. The molecule has 0 radical (unpaired) electrons. The molecule has 0 atom stereocenters. The highest BCUT2D eigenvalue weighted by molar-refractivity contribution is 7.92. The van der Waals surface area contributed by atoms with E-state index in [0.717, 1.165) is 5.56 Å². The van der Waals surface area contributed by atoms with Crippen LogP contribution >= 0.6 is 0 Å². The van der Waals surface area contributed by atoms with Gasteiger partial charge >= 0.3 is 0 Å². The van der Waals surface area contributed by atoms with E-state index < -0.39 is 10.0 Å². The van der Waals surface area contributed by atoms with Crippen molar-refractivity contribution in [3.63, 3.8) is 0 Å². The molecule has 2 aromatic rings. The van der Waals surface area contributed by atoms with Crippen LogP contribution in [0.5, 0.6) is 5.75 Å². The van der Waals surface area contributed by atoms with Crippen molar-refractivity contribution in [2.24, 2.45) is 0 Å². The number of imidazole rings is 1. The van der Waals surface area contributed by atoms with Gasteiger partial charge in [0.05, 0.1) is 18.2 Å². The Balaban J connectivity index is 2.54. The maximum absolute atomic E-state index is 12.5. The summed E-state index contributed by atoms with van der Waals surface area (Å²) >= 11 is 0. The number of aromatic amines is 1. The number of sulfonamides is 1. The van der Waals surface area contributed by atoms with Crippen molar-refractivity contribution in [1.82, 2.24) is 9.97 Å². The fraction of sp³-hybridized carbons (Fsp3) is 0.250. The lowest BCUT2D eigenvalue weighted by molar-refractivity contribution is 0.475. The van der Waals surface area contributed by atoms with Gasteiger partial charge in [-0.1, -0.05) is 6.07 Å². The van der Waals surface area contributed by atoms with Gasteiger partial charge in [0.25, 0.3) is 10.0 Å². The largest absolute Gasteiger partial charge is 0.508 e. The molecule has 1 aromatic carbocycles. The molecular formula is C12H15N3O3S. The molecule has 0 unspecified atom stereocenters. The second kappa shape index (κ2) is 4.93. The first-order valence-electron chi connectivity index (χ1n) is 5.77. The van der Waals surface area contributed by atoms with E-state index in [4.69, 9.17) is 0 Å². The van der Waals surface area contributed by atoms with E-state index in [-0.39, 0.29) is 17.3 Å². The molecule has 0 amide bonds. The zero-order chi connectivity index (χ0) is 14.0. The quantitative estimate of drug-likeness (QED) is 0.892. The molecule has 1 heterocycles. The van der Waals surface area contributed by atoms with E-state index in [1.807, 2.05) is 0 Å². The molecule has 0 aliphatic carbocycles. The Labute approximate surface area is 111 Å². The summed E-state index contributed by atoms with van der Waals surface area (Å²) in [6.07, 6.45) is 2.58. The SMILES string of the molecule is CCN(c1cc(O)ccc1C)S(=O)(=O)c1cnc[nH]1. The van der Waals surface area contributed by atoms with Gasteiger partial charge in [0.1, 0.15) is 5.75 Å². The number of nitrogens with one attached hydrogen (secondary N) is 1. The van der Waals surface area contributed by atoms with Gasteiger partial charge in [-0.2, -0.15) is 8.42 Å². The van der Waals surface area contributed by atoms with Crippen LogP contribution in [0.1, 0.15) is 12.5 Å². The number of hydrogen-bond acceptors (Lipinski definition) is 4. The number of phenols is 1. The number of phenolic OH excluding ortho intramolecular Hbond substituents is 1. The molecule has 0 fully saturated rings. The number of nitrogens with zero attached hydrogens (tertiary/aromatic N) is 2. The van der Waals surface area contributed by atoms with Crippen LogP contribution < -0.4 is 4.31 Å². The molecule has 19 heavy (non-hydrogen) atoms. The minimum absolute atomic E-state index is 0.0251. The Morgan fingerprint density at radius 1 is 1.42 bits per heavy atom. The summed E-state index contributed by atoms with van der Waals surface area (Å²) in [5.74, 6) is 0.0267. The Morgan fingerprint density at radius 2 is 2.16 bits per heavy atom. The van der Waals surface area contributed by atoms with Gasteiger partial charge in [-0.3, -0.25) is 4.31 Å². The fourth-order valence-corrected chi connectivity index (χ4v) is 3.27. The molecule has 1 aromatic heterocycles. The summed E-state index contributed by atoms with van der Waals surface area (Å²) in [4.78, 5) is 6.32. The first-order valence-corrected chi connectivity index (χ1v) is 7.21. The number of anilines is 1. The minimum Gasteiger partial charge on any atom is -0.508 e. The number of aryl methyl sites for hydroxylation is 1. The van der Waals surface area contributed by atoms with E-state index in [2.05, 4.69) is 9.97 Å². The summed E-state index contributed by atoms with van der Waals surface area (Å²) in [5, 5.41) is 9.56. The van der Waals surface area contributed by atoms with Crippen molar-refractivity contribution in [2.45, 2.75) is 18.9 Å². The summed E-state index contributed by atoms with van der Waals surface area (Å²) in [6.45, 7) is 3.78. The predicted molar refractivity (Wildman–Crippen MR) is 71.6 cm³/mol. The van der Waals surface area contributed by atoms with Crippen LogP contribution in [-0.2, 0) is 10.0 Å². The van der Waals surface area contributed by atoms with Crippen molar-refractivity contribution < 1.29 is 13.5 Å². The second-order valence-corrected chi connectivity index (χ2v) is 5.89. The van der Waals surface area contributed by atoms with Crippen molar-refractivity contribution >= 4 is 15.7 Å². The molecule has 6 nitrogen and oxygen atoms in total. The van der Waals surface area contributed by atoms with Crippen molar-refractivity contribution in [3.8, 4) is 5.75 Å². The standard InChI is InChI=1S/C12H15N3O3S/c1-3-15(11-6-10(16)5-4-9(11)2)19(17,18)12-7-13-8-14-12/h4-8,16H,3H2,1-2H3,(H,13,14). The van der Waals surface area contributed by atoms with Crippen LogP contribution in [0.3, 0.4) is 0 Å². The molecule has 2 rings (SSSR count). The number of hydrogen-bond donors (Lipinski definition) is 2. The predicted octanol–water partition coefficient (Wildman–Crippen LogP) is 1.64. The third-order valence-corrected chi connectivity index (χ3v) is 4.60. The summed E-state index contributed by atoms with van der Waals surface area (Å²) < 4.78 is 26.2. The molecule has 0 spiro atoms. The summed E-state index contributed by atoms with van der Waals surface area (Å²) in [5.41, 5.74) is 1.22. The van der Waals surface area contributed by atoms with Crippen LogP contribution in [0.15, 0.2) is 35.7 Å². The lowest BCUT2D eigenvalue weighted by Gasteiger charge is -2.23. The zero-order valence-corrected chi connectivity index (χ0v) is 11.5. The third kappa shape index (κ3) is 2.41. The molecule has 0 saturated heterocycles. The highest BCUT2D eigenvalue weighted by Crippen LogP contribution is 2.28. The topological polar surface area (TPSA) is 86.3 Å². The fourth-order valence-electron chi connectivity index (χ4n) is 1.84. The van der Waals surface area contributed by atoms with Gasteiger partial charge in [-0.05, 0) is 25.5 Å². The molecule has 7 heteroatoms. The molecular weight excluding hydrogens is 266 g/mol. The smallest absolute Gasteiger partial charge is 0.281 e. The molecule has 2 N–H and O–H groups in total. The van der Waals surface area contributed by atoms with Crippen LogP contribution in [0, 0.1) is 6.92 Å². The monoisotopic (exact) mass is 281 g/mol. The Hall–Kier alpha value is -2.02. The number of H-pyrrole nitrogens is 1. The Kier molecular flexibility index (Phi) is 3.48. The van der Waals surface area contributed by atoms with E-state index in [1.165, 1.54) is 29.0 Å². The van der Waals surface area contributed by atoms with Gasteiger partial charge in [0, 0.05) is 12.6 Å². The van der Waals surface area contributed by atoms with Gasteiger partial charge in [-0.15, -0.1) is 0 Å². The minimum atomic E-state index is -3.70. The van der Waals surface area contributed by atoms with E-state index >= 15 is 0 Å². The van der Waals surface area contributed by atoms with Crippen molar-refractivity contribution in [1.29, 1.82) is 0 Å². The van der Waals surface area contributed by atoms with E-state index in [1.54, 1.807) is 19.9 Å². The summed E-state index contributed by atoms with van der Waals surface area (Å²) in [6, 6.07) is 4.64. The number of benzene rings is 1. The Bertz CT molecular complexity index is 666. The van der Waals surface area contributed by atoms with Crippen molar-refractivity contribution in [3.05, 3.63) is 36.3 Å². The number of rotatable bonds is 4. The summed E-state index contributed by atoms with van der Waals surface area (Å²) in [7, 11) is -3.70. The maximum atomic E-state index is 12.5. The van der Waals surface area contributed by atoms with Crippen molar-refractivity contribution in [2.75, 3.05) is 10.8 Å². The lowest BCUT2D eigenvalue weighted by Crippen LogP contribution is -2.31.